The molecule has 0 spiro atoms. The Morgan fingerprint density at radius 3 is 3.33 bits per heavy atom. The van der Waals surface area contributed by atoms with Crippen LogP contribution in [0.25, 0.3) is 0 Å². The van der Waals surface area contributed by atoms with Gasteiger partial charge in [-0.3, -0.25) is 9.63 Å². The lowest BCUT2D eigenvalue weighted by molar-refractivity contribution is -0.133. The Hall–Kier alpha value is -1.82. The number of aliphatic imine (C=N–C) groups is 1. The first-order valence-electron chi connectivity index (χ1n) is 4.47. The van der Waals surface area contributed by atoms with Crippen molar-refractivity contribution in [3.05, 3.63) is 18.1 Å². The molecule has 15 heavy (non-hydrogen) atoms. The van der Waals surface area contributed by atoms with Crippen LogP contribution in [-0.2, 0) is 16.1 Å². The van der Waals surface area contributed by atoms with Gasteiger partial charge in [0.25, 0.3) is 5.91 Å². The predicted octanol–water partition coefficient (Wildman–Crippen LogP) is 0.0288. The van der Waals surface area contributed by atoms with Crippen LogP contribution < -0.4 is 5.48 Å². The van der Waals surface area contributed by atoms with E-state index in [1.807, 2.05) is 0 Å². The Bertz CT molecular complexity index is 405. The van der Waals surface area contributed by atoms with E-state index in [-0.39, 0.29) is 11.8 Å². The molecule has 0 fully saturated rings. The third-order valence-electron chi connectivity index (χ3n) is 2.12. The van der Waals surface area contributed by atoms with Crippen LogP contribution >= 0.6 is 0 Å². The molecule has 1 aliphatic heterocycles. The van der Waals surface area contributed by atoms with Crippen LogP contribution in [0.2, 0.25) is 0 Å². The predicted molar refractivity (Wildman–Crippen MR) is 52.5 cm³/mol. The Morgan fingerprint density at radius 1 is 1.67 bits per heavy atom. The van der Waals surface area contributed by atoms with E-state index in [1.54, 1.807) is 12.4 Å². The van der Waals surface area contributed by atoms with Crippen LogP contribution in [0.5, 0.6) is 0 Å². The summed E-state index contributed by atoms with van der Waals surface area (Å²) in [6.45, 7) is 0. The highest BCUT2D eigenvalue weighted by Crippen LogP contribution is 2.22. The van der Waals surface area contributed by atoms with E-state index in [9.17, 15) is 4.79 Å². The summed E-state index contributed by atoms with van der Waals surface area (Å²) in [5, 5.41) is 0. The number of aromatic nitrogens is 2. The summed E-state index contributed by atoms with van der Waals surface area (Å²) >= 11 is 0. The minimum absolute atomic E-state index is 0.212. The first kappa shape index (κ1) is 9.72. The second-order valence-corrected chi connectivity index (χ2v) is 3.13. The maximum Gasteiger partial charge on any atom is 0.252 e. The Labute approximate surface area is 86.4 Å². The molecule has 2 rings (SSSR count). The summed E-state index contributed by atoms with van der Waals surface area (Å²) in [6, 6.07) is 0. The van der Waals surface area contributed by atoms with E-state index in [0.29, 0.717) is 12.2 Å². The molecule has 1 aromatic heterocycles. The van der Waals surface area contributed by atoms with Crippen molar-refractivity contribution < 1.29 is 9.63 Å². The fourth-order valence-electron chi connectivity index (χ4n) is 1.40. The van der Waals surface area contributed by atoms with E-state index in [2.05, 4.69) is 25.3 Å². The van der Waals surface area contributed by atoms with Gasteiger partial charge in [-0.1, -0.05) is 0 Å². The van der Waals surface area contributed by atoms with Crippen molar-refractivity contribution in [2.24, 2.45) is 10.9 Å². The quantitative estimate of drug-likeness (QED) is 0.692. The van der Waals surface area contributed by atoms with Gasteiger partial charge in [-0.2, -0.15) is 0 Å². The first-order valence-corrected chi connectivity index (χ1v) is 4.47. The number of rotatable bonds is 2. The SMILES string of the molecule is CONC(=O)C1C=Nc2ncncc2C1. The highest BCUT2D eigenvalue weighted by molar-refractivity contribution is 5.94. The number of fused-ring (bicyclic) bond motifs is 1. The van der Waals surface area contributed by atoms with Crippen molar-refractivity contribution in [2.75, 3.05) is 7.11 Å². The summed E-state index contributed by atoms with van der Waals surface area (Å²) in [6.07, 6.45) is 5.23. The molecule has 1 aromatic rings. The molecule has 1 N–H and O–H groups in total. The molecule has 0 aromatic carbocycles. The first-order chi connectivity index (χ1) is 7.31. The standard InChI is InChI=1S/C9H10N4O2/c1-15-13-9(14)7-2-6-3-10-5-12-8(6)11-4-7/h3-5,7H,2H2,1H3,(H,13,14). The number of hydrogen-bond acceptors (Lipinski definition) is 5. The second-order valence-electron chi connectivity index (χ2n) is 3.13. The van der Waals surface area contributed by atoms with Crippen LogP contribution in [0, 0.1) is 5.92 Å². The summed E-state index contributed by atoms with van der Waals surface area (Å²) in [4.78, 5) is 28.0. The molecule has 6 nitrogen and oxygen atoms in total. The molecule has 0 saturated carbocycles. The smallest absolute Gasteiger partial charge is 0.252 e. The number of amides is 1. The molecule has 2 heterocycles. The summed E-state index contributed by atoms with van der Waals surface area (Å²) in [5.74, 6) is 0.102. The lowest BCUT2D eigenvalue weighted by Crippen LogP contribution is -2.33. The van der Waals surface area contributed by atoms with E-state index < -0.39 is 0 Å². The van der Waals surface area contributed by atoms with Crippen molar-refractivity contribution in [3.63, 3.8) is 0 Å². The van der Waals surface area contributed by atoms with E-state index in [4.69, 9.17) is 0 Å². The molecule has 1 unspecified atom stereocenters. The van der Waals surface area contributed by atoms with Crippen molar-refractivity contribution in [1.82, 2.24) is 15.4 Å². The van der Waals surface area contributed by atoms with Crippen molar-refractivity contribution >= 4 is 17.9 Å². The summed E-state index contributed by atoms with van der Waals surface area (Å²) < 4.78 is 0. The third-order valence-corrected chi connectivity index (χ3v) is 2.12. The number of carbonyl (C=O) groups excluding carboxylic acids is 1. The maximum absolute atomic E-state index is 11.4. The Balaban J connectivity index is 2.15. The molecule has 1 aliphatic rings. The van der Waals surface area contributed by atoms with Gasteiger partial charge < -0.3 is 0 Å². The monoisotopic (exact) mass is 206 g/mol. The Kier molecular flexibility index (Phi) is 2.68. The van der Waals surface area contributed by atoms with Gasteiger partial charge in [0.1, 0.15) is 6.33 Å². The molecule has 1 atom stereocenters. The number of hydrogen-bond donors (Lipinski definition) is 1. The van der Waals surface area contributed by atoms with Gasteiger partial charge in [0.15, 0.2) is 5.82 Å². The van der Waals surface area contributed by atoms with E-state index in [1.165, 1.54) is 13.4 Å². The van der Waals surface area contributed by atoms with Crippen LogP contribution in [0.4, 0.5) is 5.82 Å². The van der Waals surface area contributed by atoms with Gasteiger partial charge in [0.2, 0.25) is 0 Å². The van der Waals surface area contributed by atoms with Crippen LogP contribution in [-0.4, -0.2) is 29.2 Å². The number of nitrogens with one attached hydrogen (secondary N) is 1. The highest BCUT2D eigenvalue weighted by Gasteiger charge is 2.22. The third kappa shape index (κ3) is 1.99. The molecule has 0 bridgehead atoms. The van der Waals surface area contributed by atoms with Crippen molar-refractivity contribution in [2.45, 2.75) is 6.42 Å². The average molecular weight is 206 g/mol. The van der Waals surface area contributed by atoms with Gasteiger partial charge in [0, 0.05) is 18.0 Å². The fraction of sp³-hybridized carbons (Fsp3) is 0.333. The maximum atomic E-state index is 11.4. The Morgan fingerprint density at radius 2 is 2.53 bits per heavy atom. The van der Waals surface area contributed by atoms with Gasteiger partial charge in [-0.25, -0.2) is 20.4 Å². The normalized spacial score (nSPS) is 18.3. The highest BCUT2D eigenvalue weighted by atomic mass is 16.6. The molecule has 6 heteroatoms. The minimum atomic E-state index is -0.316. The largest absolute Gasteiger partial charge is 0.277 e. The molecule has 0 saturated heterocycles. The lowest BCUT2D eigenvalue weighted by Gasteiger charge is -2.15. The van der Waals surface area contributed by atoms with E-state index >= 15 is 0 Å². The average Bonchev–Trinajstić information content (AvgIpc) is 2.29. The lowest BCUT2D eigenvalue weighted by atomic mass is 9.99. The van der Waals surface area contributed by atoms with Gasteiger partial charge in [-0.05, 0) is 6.42 Å². The molecule has 0 aliphatic carbocycles. The topological polar surface area (TPSA) is 76.5 Å². The molecular weight excluding hydrogens is 196 g/mol. The number of hydroxylamine groups is 1. The van der Waals surface area contributed by atoms with Crippen molar-refractivity contribution in [3.8, 4) is 0 Å². The van der Waals surface area contributed by atoms with Crippen LogP contribution in [0.15, 0.2) is 17.5 Å². The van der Waals surface area contributed by atoms with Crippen LogP contribution in [0.1, 0.15) is 5.56 Å². The van der Waals surface area contributed by atoms with Gasteiger partial charge in [0.05, 0.1) is 13.0 Å². The number of nitrogens with zero attached hydrogens (tertiary/aromatic N) is 3. The van der Waals surface area contributed by atoms with Gasteiger partial charge in [-0.15, -0.1) is 0 Å². The summed E-state index contributed by atoms with van der Waals surface area (Å²) in [5.41, 5.74) is 3.15. The molecule has 0 radical (unpaired) electrons. The zero-order valence-corrected chi connectivity index (χ0v) is 8.17. The molecular formula is C9H10N4O2. The van der Waals surface area contributed by atoms with Crippen molar-refractivity contribution in [1.29, 1.82) is 0 Å². The van der Waals surface area contributed by atoms with E-state index in [0.717, 1.165) is 5.56 Å². The van der Waals surface area contributed by atoms with Crippen LogP contribution in [0.3, 0.4) is 0 Å². The molecule has 1 amide bonds. The zero-order valence-electron chi connectivity index (χ0n) is 8.17. The fourth-order valence-corrected chi connectivity index (χ4v) is 1.40. The summed E-state index contributed by atoms with van der Waals surface area (Å²) in [7, 11) is 1.40. The second kappa shape index (κ2) is 4.14. The zero-order chi connectivity index (χ0) is 10.7. The molecule has 78 valence electrons. The number of carbonyl (C=O) groups is 1. The van der Waals surface area contributed by atoms with Gasteiger partial charge >= 0.3 is 0 Å². The minimum Gasteiger partial charge on any atom is -0.277 e.